The molecule has 0 bridgehead atoms. The number of carbonyl (C=O) groups is 2. The molecule has 7 heteroatoms. The highest BCUT2D eigenvalue weighted by Gasteiger charge is 2.30. The molecule has 0 radical (unpaired) electrons. The van der Waals surface area contributed by atoms with Gasteiger partial charge in [0.2, 0.25) is 0 Å². The first-order valence-electron chi connectivity index (χ1n) is 7.20. The number of aliphatic carboxylic acids is 1. The number of amides is 1. The second-order valence-electron chi connectivity index (χ2n) is 5.45. The van der Waals surface area contributed by atoms with Gasteiger partial charge in [-0.15, -0.1) is 0 Å². The molecule has 1 aliphatic rings. The largest absolute Gasteiger partial charge is 0.481 e. The van der Waals surface area contributed by atoms with E-state index >= 15 is 0 Å². The van der Waals surface area contributed by atoms with Gasteiger partial charge >= 0.3 is 5.97 Å². The van der Waals surface area contributed by atoms with Crippen LogP contribution in [0.15, 0.2) is 29.2 Å². The van der Waals surface area contributed by atoms with Crippen LogP contribution >= 0.6 is 0 Å². The normalized spacial score (nSPS) is 21.5. The molecule has 1 amide bonds. The van der Waals surface area contributed by atoms with Gasteiger partial charge in [-0.3, -0.25) is 9.59 Å². The molecule has 0 aliphatic heterocycles. The molecule has 2 atom stereocenters. The molecule has 2 rings (SSSR count). The Labute approximate surface area is 129 Å². The van der Waals surface area contributed by atoms with E-state index in [0.29, 0.717) is 24.8 Å². The number of rotatable bonds is 5. The maximum absolute atomic E-state index is 12.1. The molecule has 22 heavy (non-hydrogen) atoms. The van der Waals surface area contributed by atoms with Crippen molar-refractivity contribution in [1.82, 2.24) is 5.32 Å². The average molecular weight is 325 g/mol. The first kappa shape index (κ1) is 16.5. The number of nitrogens with one attached hydrogen (secondary N) is 1. The summed E-state index contributed by atoms with van der Waals surface area (Å²) in [5, 5.41) is 11.7. The minimum Gasteiger partial charge on any atom is -0.481 e. The average Bonchev–Trinajstić information content (AvgIpc) is 2.96. The van der Waals surface area contributed by atoms with Crippen LogP contribution in [0.25, 0.3) is 0 Å². The topological polar surface area (TPSA) is 101 Å². The van der Waals surface area contributed by atoms with Crippen LogP contribution in [0.1, 0.15) is 36.5 Å². The van der Waals surface area contributed by atoms with Gasteiger partial charge in [0.05, 0.1) is 16.6 Å². The Bertz CT molecular complexity index is 666. The quantitative estimate of drug-likeness (QED) is 0.853. The van der Waals surface area contributed by atoms with Crippen LogP contribution in [0.2, 0.25) is 0 Å². The Kier molecular flexibility index (Phi) is 4.85. The lowest BCUT2D eigenvalue weighted by Crippen LogP contribution is -2.33. The summed E-state index contributed by atoms with van der Waals surface area (Å²) in [6.07, 6.45) is 1.64. The van der Waals surface area contributed by atoms with E-state index < -0.39 is 21.7 Å². The van der Waals surface area contributed by atoms with Crippen LogP contribution in [0.4, 0.5) is 0 Å². The van der Waals surface area contributed by atoms with Crippen LogP contribution in [0.3, 0.4) is 0 Å². The molecule has 0 aromatic heterocycles. The fourth-order valence-corrected chi connectivity index (χ4v) is 3.47. The van der Waals surface area contributed by atoms with E-state index in [2.05, 4.69) is 5.32 Å². The summed E-state index contributed by atoms with van der Waals surface area (Å²) in [4.78, 5) is 23.2. The first-order valence-corrected chi connectivity index (χ1v) is 8.85. The summed E-state index contributed by atoms with van der Waals surface area (Å²) in [5.41, 5.74) is 0.369. The third kappa shape index (κ3) is 3.65. The van der Waals surface area contributed by atoms with Gasteiger partial charge in [0.1, 0.15) is 0 Å². The summed E-state index contributed by atoms with van der Waals surface area (Å²) < 4.78 is 23.4. The van der Waals surface area contributed by atoms with Gasteiger partial charge in [-0.25, -0.2) is 8.42 Å². The molecule has 1 aliphatic carbocycles. The summed E-state index contributed by atoms with van der Waals surface area (Å²) in [6, 6.07) is 5.64. The van der Waals surface area contributed by atoms with Crippen molar-refractivity contribution in [2.45, 2.75) is 37.1 Å². The zero-order chi connectivity index (χ0) is 16.3. The summed E-state index contributed by atoms with van der Waals surface area (Å²) in [5.74, 6) is -1.53. The summed E-state index contributed by atoms with van der Waals surface area (Å²) >= 11 is 0. The van der Waals surface area contributed by atoms with Crippen molar-refractivity contribution in [3.63, 3.8) is 0 Å². The van der Waals surface area contributed by atoms with E-state index in [1.54, 1.807) is 6.92 Å². The summed E-state index contributed by atoms with van der Waals surface area (Å²) in [7, 11) is -3.28. The van der Waals surface area contributed by atoms with E-state index in [1.165, 1.54) is 24.3 Å². The predicted molar refractivity (Wildman–Crippen MR) is 80.4 cm³/mol. The molecule has 120 valence electrons. The van der Waals surface area contributed by atoms with Crippen LogP contribution < -0.4 is 5.32 Å². The number of carboxylic acid groups (broad SMARTS) is 1. The minimum atomic E-state index is -3.28. The number of carbonyl (C=O) groups excluding carboxylic acids is 1. The highest BCUT2D eigenvalue weighted by atomic mass is 32.2. The second-order valence-corrected chi connectivity index (χ2v) is 7.72. The van der Waals surface area contributed by atoms with Crippen molar-refractivity contribution in [2.24, 2.45) is 5.92 Å². The van der Waals surface area contributed by atoms with Gasteiger partial charge in [0, 0.05) is 11.6 Å². The number of carboxylic acids is 1. The van der Waals surface area contributed by atoms with Gasteiger partial charge in [-0.1, -0.05) is 6.92 Å². The molecule has 2 N–H and O–H groups in total. The van der Waals surface area contributed by atoms with Crippen LogP contribution in [-0.4, -0.2) is 37.2 Å². The Morgan fingerprint density at radius 1 is 1.23 bits per heavy atom. The van der Waals surface area contributed by atoms with Gasteiger partial charge < -0.3 is 10.4 Å². The second kappa shape index (κ2) is 6.48. The van der Waals surface area contributed by atoms with Crippen LogP contribution in [-0.2, 0) is 14.6 Å². The molecule has 1 fully saturated rings. The molecule has 1 saturated carbocycles. The number of hydrogen-bond acceptors (Lipinski definition) is 4. The molecule has 6 nitrogen and oxygen atoms in total. The SMILES string of the molecule is CCS(=O)(=O)c1ccc(C(=O)N[C@H]2CC[C@@H](C(=O)O)C2)cc1. The predicted octanol–water partition coefficient (Wildman–Crippen LogP) is 1.46. The van der Waals surface area contributed by atoms with Crippen molar-refractivity contribution >= 4 is 21.7 Å². The third-order valence-corrected chi connectivity index (χ3v) is 5.72. The maximum atomic E-state index is 12.1. The zero-order valence-electron chi connectivity index (χ0n) is 12.3. The molecular weight excluding hydrogens is 306 g/mol. The highest BCUT2D eigenvalue weighted by Crippen LogP contribution is 2.26. The lowest BCUT2D eigenvalue weighted by molar-refractivity contribution is -0.141. The van der Waals surface area contributed by atoms with Gasteiger partial charge in [0.25, 0.3) is 5.91 Å². The Morgan fingerprint density at radius 2 is 1.86 bits per heavy atom. The van der Waals surface area contributed by atoms with Crippen LogP contribution in [0.5, 0.6) is 0 Å². The Hall–Kier alpha value is -1.89. The molecule has 1 aromatic rings. The zero-order valence-corrected chi connectivity index (χ0v) is 13.1. The smallest absolute Gasteiger partial charge is 0.306 e. The van der Waals surface area contributed by atoms with E-state index in [-0.39, 0.29) is 22.6 Å². The minimum absolute atomic E-state index is 0.0111. The third-order valence-electron chi connectivity index (χ3n) is 3.97. The fourth-order valence-electron chi connectivity index (χ4n) is 2.59. The first-order chi connectivity index (χ1) is 10.3. The van der Waals surface area contributed by atoms with Crippen molar-refractivity contribution in [3.8, 4) is 0 Å². The highest BCUT2D eigenvalue weighted by molar-refractivity contribution is 7.91. The molecular formula is C15H19NO5S. The Morgan fingerprint density at radius 3 is 2.36 bits per heavy atom. The lowest BCUT2D eigenvalue weighted by atomic mass is 10.1. The molecule has 0 heterocycles. The maximum Gasteiger partial charge on any atom is 0.306 e. The fraction of sp³-hybridized carbons (Fsp3) is 0.467. The molecule has 0 saturated heterocycles. The summed E-state index contributed by atoms with van der Waals surface area (Å²) in [6.45, 7) is 1.56. The number of hydrogen-bond donors (Lipinski definition) is 2. The van der Waals surface area contributed by atoms with Gasteiger partial charge in [-0.05, 0) is 43.5 Å². The van der Waals surface area contributed by atoms with Crippen molar-refractivity contribution in [3.05, 3.63) is 29.8 Å². The van der Waals surface area contributed by atoms with Gasteiger partial charge in [0.15, 0.2) is 9.84 Å². The standard InChI is InChI=1S/C15H19NO5S/c1-2-22(20,21)13-7-4-10(5-8-13)14(17)16-12-6-3-11(9-12)15(18)19/h4-5,7-8,11-12H,2-3,6,9H2,1H3,(H,16,17)(H,18,19)/t11-,12+/m1/s1. The lowest BCUT2D eigenvalue weighted by Gasteiger charge is -2.12. The molecule has 1 aromatic carbocycles. The van der Waals surface area contributed by atoms with Crippen molar-refractivity contribution in [1.29, 1.82) is 0 Å². The van der Waals surface area contributed by atoms with E-state index in [4.69, 9.17) is 5.11 Å². The number of benzene rings is 1. The van der Waals surface area contributed by atoms with E-state index in [9.17, 15) is 18.0 Å². The molecule has 0 spiro atoms. The van der Waals surface area contributed by atoms with E-state index in [1.807, 2.05) is 0 Å². The molecule has 0 unspecified atom stereocenters. The van der Waals surface area contributed by atoms with Crippen molar-refractivity contribution in [2.75, 3.05) is 5.75 Å². The van der Waals surface area contributed by atoms with Gasteiger partial charge in [-0.2, -0.15) is 0 Å². The monoisotopic (exact) mass is 325 g/mol. The Balaban J connectivity index is 2.01. The van der Waals surface area contributed by atoms with E-state index in [0.717, 1.165) is 0 Å². The van der Waals surface area contributed by atoms with Crippen LogP contribution in [0, 0.1) is 5.92 Å². The van der Waals surface area contributed by atoms with Crippen molar-refractivity contribution < 1.29 is 23.1 Å². The number of sulfone groups is 1.